The number of nitrogens with zero attached hydrogens (tertiary/aromatic N) is 3. The summed E-state index contributed by atoms with van der Waals surface area (Å²) in [5, 5.41) is 14.6. The SMILES string of the molecule is Cc1nn(-c2ccc(Cl)cc2)c(C)c1CC(=O)N1CCC[C@@H](C(=O)O)[C@H]1C. The summed E-state index contributed by atoms with van der Waals surface area (Å²) in [6.07, 6.45) is 1.56. The van der Waals surface area contributed by atoms with Gasteiger partial charge in [-0.2, -0.15) is 5.10 Å². The summed E-state index contributed by atoms with van der Waals surface area (Å²) >= 11 is 5.96. The van der Waals surface area contributed by atoms with Crippen LogP contribution in [0.5, 0.6) is 0 Å². The Morgan fingerprint density at radius 3 is 2.56 bits per heavy atom. The van der Waals surface area contributed by atoms with Gasteiger partial charge in [0.25, 0.3) is 0 Å². The topological polar surface area (TPSA) is 75.4 Å². The molecular weight excluding hydrogens is 366 g/mol. The summed E-state index contributed by atoms with van der Waals surface area (Å²) in [6.45, 7) is 6.26. The van der Waals surface area contributed by atoms with Gasteiger partial charge in [-0.05, 0) is 57.9 Å². The highest BCUT2D eigenvalue weighted by Gasteiger charge is 2.35. The van der Waals surface area contributed by atoms with E-state index in [2.05, 4.69) is 5.10 Å². The lowest BCUT2D eigenvalue weighted by atomic mass is 9.90. The lowest BCUT2D eigenvalue weighted by molar-refractivity contribution is -0.148. The summed E-state index contributed by atoms with van der Waals surface area (Å²) in [5.74, 6) is -1.38. The van der Waals surface area contributed by atoms with Gasteiger partial charge in [0, 0.05) is 28.9 Å². The van der Waals surface area contributed by atoms with Gasteiger partial charge in [0.2, 0.25) is 5.91 Å². The third kappa shape index (κ3) is 3.86. The van der Waals surface area contributed by atoms with Crippen LogP contribution in [-0.2, 0) is 16.0 Å². The highest BCUT2D eigenvalue weighted by atomic mass is 35.5. The van der Waals surface area contributed by atoms with E-state index in [-0.39, 0.29) is 18.4 Å². The molecule has 0 spiro atoms. The summed E-state index contributed by atoms with van der Waals surface area (Å²) in [7, 11) is 0. The molecule has 1 fully saturated rings. The number of hydrogen-bond acceptors (Lipinski definition) is 3. The van der Waals surface area contributed by atoms with E-state index in [1.54, 1.807) is 17.0 Å². The maximum atomic E-state index is 12.9. The Morgan fingerprint density at radius 1 is 1.26 bits per heavy atom. The van der Waals surface area contributed by atoms with Gasteiger partial charge in [0.05, 0.1) is 23.7 Å². The monoisotopic (exact) mass is 389 g/mol. The average molecular weight is 390 g/mol. The molecule has 144 valence electrons. The molecule has 0 saturated carbocycles. The summed E-state index contributed by atoms with van der Waals surface area (Å²) in [6, 6.07) is 7.09. The van der Waals surface area contributed by atoms with E-state index < -0.39 is 11.9 Å². The van der Waals surface area contributed by atoms with Crippen molar-refractivity contribution < 1.29 is 14.7 Å². The van der Waals surface area contributed by atoms with Crippen LogP contribution in [0.2, 0.25) is 5.02 Å². The van der Waals surface area contributed by atoms with Crippen LogP contribution in [0.3, 0.4) is 0 Å². The standard InChI is InChI=1S/C20H24ClN3O3/c1-12-18(14(3)24(22-12)16-8-6-15(21)7-9-16)11-19(25)23-10-4-5-17(13(23)2)20(26)27/h6-9,13,17H,4-5,10-11H2,1-3H3,(H,26,27)/t13-,17-/m1/s1. The van der Waals surface area contributed by atoms with Gasteiger partial charge in [-0.3, -0.25) is 9.59 Å². The third-order valence-electron chi connectivity index (χ3n) is 5.47. The molecule has 0 bridgehead atoms. The third-order valence-corrected chi connectivity index (χ3v) is 5.72. The second-order valence-electron chi connectivity index (χ2n) is 7.13. The minimum Gasteiger partial charge on any atom is -0.481 e. The van der Waals surface area contributed by atoms with Crippen molar-refractivity contribution in [3.8, 4) is 5.69 Å². The van der Waals surface area contributed by atoms with Crippen molar-refractivity contribution >= 4 is 23.5 Å². The Morgan fingerprint density at radius 2 is 1.93 bits per heavy atom. The maximum absolute atomic E-state index is 12.9. The molecule has 6 nitrogen and oxygen atoms in total. The highest BCUT2D eigenvalue weighted by molar-refractivity contribution is 6.30. The number of carbonyl (C=O) groups is 2. The molecule has 1 saturated heterocycles. The number of hydrogen-bond donors (Lipinski definition) is 1. The van der Waals surface area contributed by atoms with E-state index in [1.165, 1.54) is 0 Å². The first-order chi connectivity index (χ1) is 12.8. The number of aryl methyl sites for hydroxylation is 1. The molecule has 0 aliphatic carbocycles. The second-order valence-corrected chi connectivity index (χ2v) is 7.57. The molecule has 1 aliphatic rings. The fraction of sp³-hybridized carbons (Fsp3) is 0.450. The lowest BCUT2D eigenvalue weighted by Gasteiger charge is -2.37. The van der Waals surface area contributed by atoms with Gasteiger partial charge in [-0.25, -0.2) is 4.68 Å². The zero-order valence-electron chi connectivity index (χ0n) is 15.8. The maximum Gasteiger partial charge on any atom is 0.308 e. The molecular formula is C20H24ClN3O3. The predicted octanol–water partition coefficient (Wildman–Crippen LogP) is 3.40. The van der Waals surface area contributed by atoms with Gasteiger partial charge in [-0.1, -0.05) is 11.6 Å². The zero-order valence-corrected chi connectivity index (χ0v) is 16.5. The molecule has 3 rings (SSSR count). The number of carboxylic acids is 1. The Bertz CT molecular complexity index is 860. The minimum absolute atomic E-state index is 0.0460. The fourth-order valence-corrected chi connectivity index (χ4v) is 3.97. The summed E-state index contributed by atoms with van der Waals surface area (Å²) in [5.41, 5.74) is 3.48. The average Bonchev–Trinajstić information content (AvgIpc) is 2.90. The molecule has 0 unspecified atom stereocenters. The van der Waals surface area contributed by atoms with Crippen molar-refractivity contribution in [2.75, 3.05) is 6.54 Å². The van der Waals surface area contributed by atoms with Crippen LogP contribution in [-0.4, -0.2) is 44.3 Å². The van der Waals surface area contributed by atoms with Crippen LogP contribution in [0, 0.1) is 19.8 Å². The van der Waals surface area contributed by atoms with E-state index in [0.717, 1.165) is 29.1 Å². The van der Waals surface area contributed by atoms with E-state index in [4.69, 9.17) is 11.6 Å². The quantitative estimate of drug-likeness (QED) is 0.869. The van der Waals surface area contributed by atoms with E-state index in [1.807, 2.05) is 37.6 Å². The van der Waals surface area contributed by atoms with Crippen molar-refractivity contribution in [3.05, 3.63) is 46.2 Å². The number of benzene rings is 1. The number of aromatic nitrogens is 2. The molecule has 1 amide bonds. The van der Waals surface area contributed by atoms with Gasteiger partial charge >= 0.3 is 5.97 Å². The van der Waals surface area contributed by atoms with Crippen LogP contribution in [0.25, 0.3) is 5.69 Å². The Hall–Kier alpha value is -2.34. The molecule has 27 heavy (non-hydrogen) atoms. The van der Waals surface area contributed by atoms with Crippen molar-refractivity contribution in [1.82, 2.24) is 14.7 Å². The minimum atomic E-state index is -0.831. The normalized spacial score (nSPS) is 19.9. The second kappa shape index (κ2) is 7.72. The highest BCUT2D eigenvalue weighted by Crippen LogP contribution is 2.26. The molecule has 2 aromatic rings. The van der Waals surface area contributed by atoms with Crippen LogP contribution in [0.1, 0.15) is 36.7 Å². The number of likely N-dealkylation sites (tertiary alicyclic amines) is 1. The Labute approximate surface area is 163 Å². The lowest BCUT2D eigenvalue weighted by Crippen LogP contribution is -2.49. The summed E-state index contributed by atoms with van der Waals surface area (Å²) < 4.78 is 1.81. The zero-order chi connectivity index (χ0) is 19.7. The van der Waals surface area contributed by atoms with E-state index in [9.17, 15) is 14.7 Å². The van der Waals surface area contributed by atoms with Crippen LogP contribution >= 0.6 is 11.6 Å². The number of amides is 1. The Kier molecular flexibility index (Phi) is 5.56. The summed E-state index contributed by atoms with van der Waals surface area (Å²) in [4.78, 5) is 26.1. The van der Waals surface area contributed by atoms with E-state index in [0.29, 0.717) is 18.0 Å². The molecule has 7 heteroatoms. The molecule has 0 radical (unpaired) electrons. The first-order valence-corrected chi connectivity index (χ1v) is 9.50. The van der Waals surface area contributed by atoms with Crippen LogP contribution in [0.15, 0.2) is 24.3 Å². The predicted molar refractivity (Wildman–Crippen MR) is 103 cm³/mol. The Balaban J connectivity index is 1.82. The molecule has 1 N–H and O–H groups in total. The molecule has 1 aromatic heterocycles. The molecule has 1 aromatic carbocycles. The number of halogens is 1. The first-order valence-electron chi connectivity index (χ1n) is 9.13. The van der Waals surface area contributed by atoms with Crippen molar-refractivity contribution in [1.29, 1.82) is 0 Å². The van der Waals surface area contributed by atoms with Gasteiger partial charge in [0.15, 0.2) is 0 Å². The number of carboxylic acid groups (broad SMARTS) is 1. The largest absolute Gasteiger partial charge is 0.481 e. The van der Waals surface area contributed by atoms with Gasteiger partial charge in [0.1, 0.15) is 0 Å². The van der Waals surface area contributed by atoms with Crippen molar-refractivity contribution in [2.45, 2.75) is 46.1 Å². The van der Waals surface area contributed by atoms with Crippen molar-refractivity contribution in [2.24, 2.45) is 5.92 Å². The molecule has 1 aliphatic heterocycles. The molecule has 2 atom stereocenters. The smallest absolute Gasteiger partial charge is 0.308 e. The number of rotatable bonds is 4. The van der Waals surface area contributed by atoms with Crippen molar-refractivity contribution in [3.63, 3.8) is 0 Å². The van der Waals surface area contributed by atoms with Crippen LogP contribution < -0.4 is 0 Å². The van der Waals surface area contributed by atoms with Gasteiger partial charge in [-0.15, -0.1) is 0 Å². The number of piperidine rings is 1. The van der Waals surface area contributed by atoms with Gasteiger partial charge < -0.3 is 10.0 Å². The number of carbonyl (C=O) groups excluding carboxylic acids is 1. The fourth-order valence-electron chi connectivity index (χ4n) is 3.84. The van der Waals surface area contributed by atoms with Crippen LogP contribution in [0.4, 0.5) is 0 Å². The molecule has 2 heterocycles. The first kappa shape index (κ1) is 19.4. The number of aliphatic carboxylic acids is 1. The van der Waals surface area contributed by atoms with E-state index >= 15 is 0 Å².